The lowest BCUT2D eigenvalue weighted by Crippen LogP contribution is -2.12. The largest absolute Gasteiger partial charge is 0.506 e. The monoisotopic (exact) mass is 525 g/mol. The number of aromatic hydroxyl groups is 1. The molecule has 0 bridgehead atoms. The van der Waals surface area contributed by atoms with Crippen LogP contribution in [-0.4, -0.2) is 11.0 Å². The minimum atomic E-state index is -0.390. The molecule has 0 saturated carbocycles. The Kier molecular flexibility index (Phi) is 5.28. The van der Waals surface area contributed by atoms with Gasteiger partial charge in [-0.1, -0.05) is 15.9 Å². The van der Waals surface area contributed by atoms with E-state index in [-0.39, 0.29) is 11.3 Å². The number of amides is 1. The van der Waals surface area contributed by atoms with E-state index in [2.05, 4.69) is 69.0 Å². The van der Waals surface area contributed by atoms with Crippen molar-refractivity contribution >= 4 is 75.3 Å². The molecular weight excluding hydrogens is 522 g/mol. The molecule has 0 unspecified atom stereocenters. The van der Waals surface area contributed by atoms with Gasteiger partial charge in [-0.2, -0.15) is 0 Å². The van der Waals surface area contributed by atoms with Crippen molar-refractivity contribution in [3.05, 3.63) is 53.8 Å². The van der Waals surface area contributed by atoms with Gasteiger partial charge in [0.2, 0.25) is 0 Å². The molecule has 2 aromatic carbocycles. The van der Waals surface area contributed by atoms with Gasteiger partial charge in [0.25, 0.3) is 5.91 Å². The maximum Gasteiger partial charge on any atom is 0.259 e. The first kappa shape index (κ1) is 16.0. The van der Waals surface area contributed by atoms with Crippen molar-refractivity contribution in [2.75, 3.05) is 5.32 Å². The summed E-state index contributed by atoms with van der Waals surface area (Å²) in [7, 11) is 0. The minimum Gasteiger partial charge on any atom is -0.506 e. The zero-order valence-corrected chi connectivity index (χ0v) is 16.1. The van der Waals surface area contributed by atoms with Gasteiger partial charge in [0.1, 0.15) is 5.75 Å². The number of benzene rings is 2. The second kappa shape index (κ2) is 6.60. The lowest BCUT2D eigenvalue weighted by atomic mass is 10.2. The van der Waals surface area contributed by atoms with Crippen LogP contribution in [0.1, 0.15) is 10.4 Å². The van der Waals surface area contributed by atoms with E-state index in [1.54, 1.807) is 24.3 Å². The van der Waals surface area contributed by atoms with Crippen molar-refractivity contribution in [3.63, 3.8) is 0 Å². The maximum atomic E-state index is 12.2. The summed E-state index contributed by atoms with van der Waals surface area (Å²) in [6.07, 6.45) is 0. The lowest BCUT2D eigenvalue weighted by Gasteiger charge is -2.09. The van der Waals surface area contributed by atoms with E-state index in [0.717, 1.165) is 8.95 Å². The number of halogens is 4. The predicted octanol–water partition coefficient (Wildman–Crippen LogP) is 5.69. The maximum absolute atomic E-state index is 12.2. The van der Waals surface area contributed by atoms with Gasteiger partial charge >= 0.3 is 0 Å². The highest BCUT2D eigenvalue weighted by Crippen LogP contribution is 2.32. The number of phenolic OH excluding ortho intramolecular Hbond substituents is 1. The SMILES string of the molecule is O=C(Nc1ccc(Br)c(Br)c1)c1cc(Br)cc(Br)c1O. The molecule has 0 aliphatic heterocycles. The van der Waals surface area contributed by atoms with Gasteiger partial charge in [0, 0.05) is 19.1 Å². The summed E-state index contributed by atoms with van der Waals surface area (Å²) >= 11 is 13.2. The molecule has 104 valence electrons. The zero-order chi connectivity index (χ0) is 14.9. The van der Waals surface area contributed by atoms with Crippen molar-refractivity contribution in [1.29, 1.82) is 0 Å². The normalized spacial score (nSPS) is 10.4. The zero-order valence-electron chi connectivity index (χ0n) is 9.75. The van der Waals surface area contributed by atoms with Crippen LogP contribution in [0, 0.1) is 0 Å². The fourth-order valence-corrected chi connectivity index (χ4v) is 3.36. The first-order chi connectivity index (χ1) is 9.38. The van der Waals surface area contributed by atoms with E-state index in [9.17, 15) is 9.90 Å². The third kappa shape index (κ3) is 3.63. The lowest BCUT2D eigenvalue weighted by molar-refractivity contribution is 0.102. The molecule has 0 atom stereocenters. The highest BCUT2D eigenvalue weighted by atomic mass is 79.9. The van der Waals surface area contributed by atoms with E-state index in [0.29, 0.717) is 14.6 Å². The summed E-state index contributed by atoms with van der Waals surface area (Å²) < 4.78 is 2.87. The van der Waals surface area contributed by atoms with E-state index in [1.807, 2.05) is 6.07 Å². The highest BCUT2D eigenvalue weighted by molar-refractivity contribution is 9.13. The van der Waals surface area contributed by atoms with Crippen LogP contribution in [0.25, 0.3) is 0 Å². The number of anilines is 1. The summed E-state index contributed by atoms with van der Waals surface area (Å²) in [5.74, 6) is -0.486. The Morgan fingerprint density at radius 1 is 0.950 bits per heavy atom. The van der Waals surface area contributed by atoms with Gasteiger partial charge in [-0.15, -0.1) is 0 Å². The number of carbonyl (C=O) groups is 1. The summed E-state index contributed by atoms with van der Waals surface area (Å²) in [6, 6.07) is 8.57. The average molecular weight is 529 g/mol. The summed E-state index contributed by atoms with van der Waals surface area (Å²) in [6.45, 7) is 0. The number of carbonyl (C=O) groups excluding carboxylic acids is 1. The average Bonchev–Trinajstić information content (AvgIpc) is 2.38. The van der Waals surface area contributed by atoms with Crippen LogP contribution in [0.2, 0.25) is 0 Å². The molecule has 2 N–H and O–H groups in total. The summed E-state index contributed by atoms with van der Waals surface area (Å²) in [4.78, 5) is 12.2. The van der Waals surface area contributed by atoms with Gasteiger partial charge in [-0.05, 0) is 78.1 Å². The first-order valence-electron chi connectivity index (χ1n) is 5.33. The van der Waals surface area contributed by atoms with Crippen LogP contribution in [0.3, 0.4) is 0 Å². The second-order valence-electron chi connectivity index (χ2n) is 3.87. The molecule has 0 aliphatic rings. The van der Waals surface area contributed by atoms with Crippen LogP contribution >= 0.6 is 63.7 Å². The molecule has 1 amide bonds. The number of nitrogens with one attached hydrogen (secondary N) is 1. The fourth-order valence-electron chi connectivity index (χ4n) is 1.51. The highest BCUT2D eigenvalue weighted by Gasteiger charge is 2.15. The number of phenols is 1. The van der Waals surface area contributed by atoms with Gasteiger partial charge in [-0.25, -0.2) is 0 Å². The van der Waals surface area contributed by atoms with Crippen molar-refractivity contribution in [1.82, 2.24) is 0 Å². The Labute approximate surface area is 149 Å². The third-order valence-corrected chi connectivity index (χ3v) is 5.39. The van der Waals surface area contributed by atoms with Crippen LogP contribution in [-0.2, 0) is 0 Å². The predicted molar refractivity (Wildman–Crippen MR) is 93.3 cm³/mol. The Morgan fingerprint density at radius 2 is 1.65 bits per heavy atom. The molecule has 0 aromatic heterocycles. The Balaban J connectivity index is 2.30. The van der Waals surface area contributed by atoms with Crippen molar-refractivity contribution in [2.45, 2.75) is 0 Å². The van der Waals surface area contributed by atoms with Gasteiger partial charge in [0.05, 0.1) is 10.0 Å². The Morgan fingerprint density at radius 3 is 2.30 bits per heavy atom. The van der Waals surface area contributed by atoms with Gasteiger partial charge in [-0.3, -0.25) is 4.79 Å². The van der Waals surface area contributed by atoms with Gasteiger partial charge < -0.3 is 10.4 Å². The van der Waals surface area contributed by atoms with Gasteiger partial charge in [0.15, 0.2) is 0 Å². The number of hydrogen-bond donors (Lipinski definition) is 2. The van der Waals surface area contributed by atoms with Crippen molar-refractivity contribution < 1.29 is 9.90 Å². The molecule has 3 nitrogen and oxygen atoms in total. The first-order valence-corrected chi connectivity index (χ1v) is 8.50. The molecule has 2 aromatic rings. The van der Waals surface area contributed by atoms with Crippen LogP contribution in [0.5, 0.6) is 5.75 Å². The summed E-state index contributed by atoms with van der Waals surface area (Å²) in [5.41, 5.74) is 0.811. The molecule has 0 fully saturated rings. The molecule has 20 heavy (non-hydrogen) atoms. The second-order valence-corrected chi connectivity index (χ2v) is 7.35. The minimum absolute atomic E-state index is 0.0955. The molecule has 0 aliphatic carbocycles. The molecule has 0 saturated heterocycles. The molecular formula is C13H7Br4NO2. The van der Waals surface area contributed by atoms with Crippen LogP contribution < -0.4 is 5.32 Å². The Bertz CT molecular complexity index is 688. The van der Waals surface area contributed by atoms with Crippen molar-refractivity contribution in [2.24, 2.45) is 0 Å². The summed E-state index contributed by atoms with van der Waals surface area (Å²) in [5, 5.41) is 12.7. The standard InChI is InChI=1S/C13H7Br4NO2/c14-6-3-8(12(19)11(17)4-6)13(20)18-7-1-2-9(15)10(16)5-7/h1-5,19H,(H,18,20). The van der Waals surface area contributed by atoms with Crippen LogP contribution in [0.4, 0.5) is 5.69 Å². The fraction of sp³-hybridized carbons (Fsp3) is 0. The molecule has 0 heterocycles. The van der Waals surface area contributed by atoms with Crippen molar-refractivity contribution in [3.8, 4) is 5.75 Å². The quantitative estimate of drug-likeness (QED) is 0.526. The molecule has 7 heteroatoms. The molecule has 0 spiro atoms. The topological polar surface area (TPSA) is 49.3 Å². The van der Waals surface area contributed by atoms with E-state index in [4.69, 9.17) is 0 Å². The molecule has 0 radical (unpaired) electrons. The van der Waals surface area contributed by atoms with E-state index < -0.39 is 5.91 Å². The van der Waals surface area contributed by atoms with E-state index in [1.165, 1.54) is 0 Å². The van der Waals surface area contributed by atoms with Crippen LogP contribution in [0.15, 0.2) is 48.2 Å². The molecule has 2 rings (SSSR count). The third-order valence-electron chi connectivity index (χ3n) is 2.45. The number of hydrogen-bond acceptors (Lipinski definition) is 2. The number of rotatable bonds is 2. The van der Waals surface area contributed by atoms with E-state index >= 15 is 0 Å². The smallest absolute Gasteiger partial charge is 0.259 e. The Hall–Kier alpha value is -0.370.